The van der Waals surface area contributed by atoms with Crippen molar-refractivity contribution in [3.63, 3.8) is 0 Å². The molecule has 0 atom stereocenters. The third-order valence-corrected chi connectivity index (χ3v) is 1.90. The van der Waals surface area contributed by atoms with Gasteiger partial charge in [0.25, 0.3) is 0 Å². The predicted octanol–water partition coefficient (Wildman–Crippen LogP) is 1.97. The highest BCUT2D eigenvalue weighted by molar-refractivity contribution is 5.84. The van der Waals surface area contributed by atoms with Crippen LogP contribution in [0.15, 0.2) is 34.8 Å². The molecule has 2 rings (SSSR count). The Kier molecular flexibility index (Phi) is 2.95. The molecule has 0 radical (unpaired) electrons. The second-order valence-corrected chi connectivity index (χ2v) is 3.12. The smallest absolute Gasteiger partial charge is 0.328 e. The first-order chi connectivity index (χ1) is 8.15. The molecule has 0 aliphatic rings. The maximum Gasteiger partial charge on any atom is 0.328 e. The Balaban J connectivity index is 2.23. The van der Waals surface area contributed by atoms with E-state index in [-0.39, 0.29) is 17.6 Å². The average Bonchev–Trinajstić information content (AvgIpc) is 2.76. The van der Waals surface area contributed by atoms with E-state index < -0.39 is 5.97 Å². The molecule has 0 spiro atoms. The van der Waals surface area contributed by atoms with Crippen molar-refractivity contribution in [3.05, 3.63) is 42.0 Å². The Morgan fingerprint density at radius 1 is 1.29 bits per heavy atom. The van der Waals surface area contributed by atoms with E-state index in [1.807, 2.05) is 0 Å². The number of nitrogens with zero attached hydrogens (tertiary/aromatic N) is 2. The van der Waals surface area contributed by atoms with Crippen molar-refractivity contribution in [3.8, 4) is 11.5 Å². The van der Waals surface area contributed by atoms with Crippen molar-refractivity contribution >= 4 is 12.0 Å². The number of rotatable bonds is 3. The fraction of sp³-hybridized carbons (Fsp3) is 0. The standard InChI is InChI=1S/C11H7FN2O3/c12-8-3-1-7(2-4-8)11-14-13-9(17-11)5-6-10(15)16/h1-6H,(H,15,16)/b6-5+. The van der Waals surface area contributed by atoms with E-state index in [4.69, 9.17) is 9.52 Å². The van der Waals surface area contributed by atoms with Gasteiger partial charge in [-0.2, -0.15) is 0 Å². The van der Waals surface area contributed by atoms with Gasteiger partial charge >= 0.3 is 5.97 Å². The van der Waals surface area contributed by atoms with Crippen LogP contribution in [0.3, 0.4) is 0 Å². The summed E-state index contributed by atoms with van der Waals surface area (Å²) >= 11 is 0. The van der Waals surface area contributed by atoms with E-state index >= 15 is 0 Å². The summed E-state index contributed by atoms with van der Waals surface area (Å²) in [4.78, 5) is 10.3. The Labute approximate surface area is 95.2 Å². The molecule has 0 amide bonds. The van der Waals surface area contributed by atoms with Crippen LogP contribution >= 0.6 is 0 Å². The first-order valence-electron chi connectivity index (χ1n) is 4.65. The van der Waals surface area contributed by atoms with Crippen LogP contribution in [0.2, 0.25) is 0 Å². The van der Waals surface area contributed by atoms with Gasteiger partial charge in [0.2, 0.25) is 11.8 Å². The lowest BCUT2D eigenvalue weighted by molar-refractivity contribution is -0.131. The zero-order valence-electron chi connectivity index (χ0n) is 8.50. The molecule has 2 aromatic rings. The summed E-state index contributed by atoms with van der Waals surface area (Å²) in [5.74, 6) is -1.19. The van der Waals surface area contributed by atoms with Gasteiger partial charge in [0.15, 0.2) is 0 Å². The zero-order valence-corrected chi connectivity index (χ0v) is 8.50. The minimum Gasteiger partial charge on any atom is -0.478 e. The molecular weight excluding hydrogens is 227 g/mol. The van der Waals surface area contributed by atoms with Gasteiger partial charge < -0.3 is 9.52 Å². The maximum atomic E-state index is 12.7. The van der Waals surface area contributed by atoms with Crippen molar-refractivity contribution in [1.29, 1.82) is 0 Å². The Morgan fingerprint density at radius 3 is 2.65 bits per heavy atom. The van der Waals surface area contributed by atoms with E-state index in [0.29, 0.717) is 5.56 Å². The van der Waals surface area contributed by atoms with E-state index in [9.17, 15) is 9.18 Å². The maximum absolute atomic E-state index is 12.7. The van der Waals surface area contributed by atoms with Crippen LogP contribution in [-0.2, 0) is 4.79 Å². The second-order valence-electron chi connectivity index (χ2n) is 3.12. The van der Waals surface area contributed by atoms with E-state index in [1.54, 1.807) is 0 Å². The summed E-state index contributed by atoms with van der Waals surface area (Å²) in [6.45, 7) is 0. The van der Waals surface area contributed by atoms with Gasteiger partial charge in [-0.25, -0.2) is 9.18 Å². The third-order valence-electron chi connectivity index (χ3n) is 1.90. The predicted molar refractivity (Wildman–Crippen MR) is 56.4 cm³/mol. The number of carboxylic acids is 1. The molecule has 6 heteroatoms. The topological polar surface area (TPSA) is 76.2 Å². The van der Waals surface area contributed by atoms with Crippen LogP contribution < -0.4 is 0 Å². The van der Waals surface area contributed by atoms with Crippen LogP contribution in [0, 0.1) is 5.82 Å². The van der Waals surface area contributed by atoms with Crippen molar-refractivity contribution in [2.45, 2.75) is 0 Å². The van der Waals surface area contributed by atoms with Gasteiger partial charge in [-0.3, -0.25) is 0 Å². The molecule has 0 aliphatic carbocycles. The molecule has 0 saturated heterocycles. The van der Waals surface area contributed by atoms with Crippen LogP contribution in [-0.4, -0.2) is 21.3 Å². The zero-order chi connectivity index (χ0) is 12.3. The van der Waals surface area contributed by atoms with Gasteiger partial charge in [-0.05, 0) is 24.3 Å². The first-order valence-corrected chi connectivity index (χ1v) is 4.65. The number of aliphatic carboxylic acids is 1. The van der Waals surface area contributed by atoms with Gasteiger partial charge in [0, 0.05) is 17.7 Å². The molecule has 0 fully saturated rings. The summed E-state index contributed by atoms with van der Waals surface area (Å²) in [6, 6.07) is 5.53. The minimum atomic E-state index is -1.11. The van der Waals surface area contributed by atoms with Crippen molar-refractivity contribution in [2.75, 3.05) is 0 Å². The second kappa shape index (κ2) is 4.56. The molecule has 86 valence electrons. The summed E-state index contributed by atoms with van der Waals surface area (Å²) < 4.78 is 17.8. The number of halogens is 1. The number of aromatic nitrogens is 2. The van der Waals surface area contributed by atoms with Crippen LogP contribution in [0.5, 0.6) is 0 Å². The molecule has 1 N–H and O–H groups in total. The van der Waals surface area contributed by atoms with Crippen LogP contribution in [0.4, 0.5) is 4.39 Å². The van der Waals surface area contributed by atoms with E-state index in [2.05, 4.69) is 10.2 Å². The van der Waals surface area contributed by atoms with Crippen LogP contribution in [0.1, 0.15) is 5.89 Å². The van der Waals surface area contributed by atoms with Gasteiger partial charge in [0.1, 0.15) is 5.82 Å². The number of hydrogen-bond donors (Lipinski definition) is 1. The average molecular weight is 234 g/mol. The molecule has 0 aliphatic heterocycles. The van der Waals surface area contributed by atoms with Crippen molar-refractivity contribution < 1.29 is 18.7 Å². The number of carbonyl (C=O) groups is 1. The summed E-state index contributed by atoms with van der Waals surface area (Å²) in [6.07, 6.45) is 2.07. The lowest BCUT2D eigenvalue weighted by Gasteiger charge is -1.92. The monoisotopic (exact) mass is 234 g/mol. The normalized spacial score (nSPS) is 10.9. The fourth-order valence-electron chi connectivity index (χ4n) is 1.15. The van der Waals surface area contributed by atoms with Gasteiger partial charge in [-0.1, -0.05) is 0 Å². The molecule has 0 unspecified atom stereocenters. The highest BCUT2D eigenvalue weighted by Gasteiger charge is 2.06. The number of hydrogen-bond acceptors (Lipinski definition) is 4. The molecule has 5 nitrogen and oxygen atoms in total. The molecule has 1 aromatic carbocycles. The highest BCUT2D eigenvalue weighted by Crippen LogP contribution is 2.18. The summed E-state index contributed by atoms with van der Waals surface area (Å²) in [5, 5.41) is 15.7. The summed E-state index contributed by atoms with van der Waals surface area (Å²) in [7, 11) is 0. The lowest BCUT2D eigenvalue weighted by atomic mass is 10.2. The largest absolute Gasteiger partial charge is 0.478 e. The number of carboxylic acid groups (broad SMARTS) is 1. The van der Waals surface area contributed by atoms with Crippen molar-refractivity contribution in [1.82, 2.24) is 10.2 Å². The number of benzene rings is 1. The van der Waals surface area contributed by atoms with Crippen molar-refractivity contribution in [2.24, 2.45) is 0 Å². The molecule has 17 heavy (non-hydrogen) atoms. The minimum absolute atomic E-state index is 0.0757. The van der Waals surface area contributed by atoms with Gasteiger partial charge in [-0.15, -0.1) is 10.2 Å². The Morgan fingerprint density at radius 2 is 2.00 bits per heavy atom. The summed E-state index contributed by atoms with van der Waals surface area (Å²) in [5.41, 5.74) is 0.564. The fourth-order valence-corrected chi connectivity index (χ4v) is 1.15. The third kappa shape index (κ3) is 2.75. The SMILES string of the molecule is O=C(O)/C=C/c1nnc(-c2ccc(F)cc2)o1. The molecular formula is C11H7FN2O3. The molecule has 1 heterocycles. The Hall–Kier alpha value is -2.50. The Bertz CT molecular complexity index is 560. The lowest BCUT2D eigenvalue weighted by Crippen LogP contribution is -1.85. The molecule has 0 bridgehead atoms. The van der Waals surface area contributed by atoms with Crippen LogP contribution in [0.25, 0.3) is 17.5 Å². The highest BCUT2D eigenvalue weighted by atomic mass is 19.1. The quantitative estimate of drug-likeness (QED) is 0.821. The van der Waals surface area contributed by atoms with E-state index in [1.165, 1.54) is 30.3 Å². The van der Waals surface area contributed by atoms with E-state index in [0.717, 1.165) is 6.08 Å². The molecule has 1 aromatic heterocycles. The van der Waals surface area contributed by atoms with Gasteiger partial charge in [0.05, 0.1) is 0 Å². The molecule has 0 saturated carbocycles. The first kappa shape index (κ1) is 11.0.